The number of nitrogens with zero attached hydrogens (tertiary/aromatic N) is 4. The lowest BCUT2D eigenvalue weighted by Gasteiger charge is -2.32. The molecule has 0 fully saturated rings. The molecule has 9 heteroatoms. The quantitative estimate of drug-likeness (QED) is 0.837. The van der Waals surface area contributed by atoms with Gasteiger partial charge in [0, 0.05) is 31.7 Å². The van der Waals surface area contributed by atoms with Crippen molar-refractivity contribution in [3.8, 4) is 0 Å². The highest BCUT2D eigenvalue weighted by atomic mass is 32.2. The second kappa shape index (κ2) is 6.70. The van der Waals surface area contributed by atoms with E-state index in [4.69, 9.17) is 0 Å². The molecule has 2 aromatic heterocycles. The monoisotopic (exact) mass is 349 g/mol. The molecule has 0 bridgehead atoms. The van der Waals surface area contributed by atoms with Crippen LogP contribution in [0, 0.1) is 0 Å². The number of aromatic nitrogens is 3. The molecule has 24 heavy (non-hydrogen) atoms. The molecule has 3 heterocycles. The number of carbonyl (C=O) groups excluding carboxylic acids is 1. The number of sulfonamides is 1. The van der Waals surface area contributed by atoms with Crippen molar-refractivity contribution in [2.75, 3.05) is 12.8 Å². The van der Waals surface area contributed by atoms with Crippen LogP contribution in [-0.4, -0.2) is 46.2 Å². The van der Waals surface area contributed by atoms with Crippen molar-refractivity contribution in [3.63, 3.8) is 0 Å². The van der Waals surface area contributed by atoms with Crippen LogP contribution in [0.3, 0.4) is 0 Å². The maximum absolute atomic E-state index is 12.2. The minimum atomic E-state index is -3.32. The van der Waals surface area contributed by atoms with E-state index in [1.807, 2.05) is 12.1 Å². The largest absolute Gasteiger partial charge is 0.352 e. The van der Waals surface area contributed by atoms with E-state index >= 15 is 0 Å². The summed E-state index contributed by atoms with van der Waals surface area (Å²) in [5, 5.41) is 7.07. The summed E-state index contributed by atoms with van der Waals surface area (Å²) in [6, 6.07) is 5.15. The van der Waals surface area contributed by atoms with Crippen molar-refractivity contribution in [1.82, 2.24) is 24.4 Å². The molecule has 128 valence electrons. The van der Waals surface area contributed by atoms with Crippen LogP contribution in [0.15, 0.2) is 36.8 Å². The van der Waals surface area contributed by atoms with Crippen LogP contribution in [0.2, 0.25) is 0 Å². The zero-order valence-electron chi connectivity index (χ0n) is 13.3. The van der Waals surface area contributed by atoms with Gasteiger partial charge in [0.05, 0.1) is 31.0 Å². The van der Waals surface area contributed by atoms with E-state index in [1.165, 1.54) is 10.6 Å². The lowest BCUT2D eigenvalue weighted by molar-refractivity contribution is -0.122. The molecule has 1 amide bonds. The normalized spacial score (nSPS) is 18.1. The molecule has 0 radical (unpaired) electrons. The summed E-state index contributed by atoms with van der Waals surface area (Å²) in [6.45, 7) is 0.918. The highest BCUT2D eigenvalue weighted by Crippen LogP contribution is 2.24. The third-order valence-corrected chi connectivity index (χ3v) is 5.17. The summed E-state index contributed by atoms with van der Waals surface area (Å²) in [5.74, 6) is -0.152. The molecular weight excluding hydrogens is 330 g/mol. The Labute approximate surface area is 140 Å². The Morgan fingerprint density at radius 1 is 1.38 bits per heavy atom. The van der Waals surface area contributed by atoms with Gasteiger partial charge in [0.15, 0.2) is 0 Å². The number of pyridine rings is 1. The maximum Gasteiger partial charge on any atom is 0.222 e. The molecule has 3 rings (SSSR count). The summed E-state index contributed by atoms with van der Waals surface area (Å²) in [6.07, 6.45) is 6.34. The zero-order valence-corrected chi connectivity index (χ0v) is 14.1. The van der Waals surface area contributed by atoms with E-state index in [0.717, 1.165) is 11.3 Å². The highest BCUT2D eigenvalue weighted by Gasteiger charge is 2.31. The molecule has 1 N–H and O–H groups in total. The van der Waals surface area contributed by atoms with Crippen molar-refractivity contribution in [1.29, 1.82) is 0 Å². The molecule has 1 aliphatic heterocycles. The molecular formula is C15H19N5O3S. The van der Waals surface area contributed by atoms with Crippen molar-refractivity contribution < 1.29 is 13.2 Å². The molecule has 1 aliphatic rings. The molecule has 0 saturated heterocycles. The fraction of sp³-hybridized carbons (Fsp3) is 0.400. The first-order chi connectivity index (χ1) is 11.4. The molecule has 8 nitrogen and oxygen atoms in total. The van der Waals surface area contributed by atoms with Gasteiger partial charge in [-0.15, -0.1) is 0 Å². The summed E-state index contributed by atoms with van der Waals surface area (Å²) >= 11 is 0. The number of fused-ring (bicyclic) bond motifs is 1. The molecule has 0 aliphatic carbocycles. The van der Waals surface area contributed by atoms with Crippen molar-refractivity contribution in [3.05, 3.63) is 48.0 Å². The van der Waals surface area contributed by atoms with Crippen LogP contribution in [0.25, 0.3) is 0 Å². The van der Waals surface area contributed by atoms with E-state index in [9.17, 15) is 13.2 Å². The Hall–Kier alpha value is -2.26. The van der Waals surface area contributed by atoms with Crippen molar-refractivity contribution >= 4 is 15.9 Å². The van der Waals surface area contributed by atoms with E-state index in [2.05, 4.69) is 15.4 Å². The van der Waals surface area contributed by atoms with Gasteiger partial charge in [-0.1, -0.05) is 6.07 Å². The average molecular weight is 349 g/mol. The lowest BCUT2D eigenvalue weighted by atomic mass is 10.1. The molecule has 0 unspecified atom stereocenters. The van der Waals surface area contributed by atoms with Gasteiger partial charge in [-0.25, -0.2) is 8.42 Å². The first-order valence-electron chi connectivity index (χ1n) is 7.56. The van der Waals surface area contributed by atoms with Crippen LogP contribution in [0.4, 0.5) is 0 Å². The van der Waals surface area contributed by atoms with Gasteiger partial charge in [0.25, 0.3) is 0 Å². The lowest BCUT2D eigenvalue weighted by Crippen LogP contribution is -2.42. The fourth-order valence-electron chi connectivity index (χ4n) is 2.75. The Bertz CT molecular complexity index is 819. The number of carbonyl (C=O) groups is 1. The maximum atomic E-state index is 12.2. The van der Waals surface area contributed by atoms with E-state index in [0.29, 0.717) is 6.54 Å². The van der Waals surface area contributed by atoms with Gasteiger partial charge in [-0.2, -0.15) is 9.40 Å². The molecule has 2 aromatic rings. The SMILES string of the molecule is CS(=O)(=O)N1Cc2ccnn2[C@H](CC(=O)NCc2cccnc2)C1. The van der Waals surface area contributed by atoms with Crippen LogP contribution in [0.5, 0.6) is 0 Å². The summed E-state index contributed by atoms with van der Waals surface area (Å²) in [7, 11) is -3.32. The Kier molecular flexibility index (Phi) is 4.63. The van der Waals surface area contributed by atoms with Crippen LogP contribution < -0.4 is 5.32 Å². The zero-order chi connectivity index (χ0) is 17.2. The summed E-state index contributed by atoms with van der Waals surface area (Å²) in [4.78, 5) is 16.2. The number of amides is 1. The Morgan fingerprint density at radius 2 is 2.21 bits per heavy atom. The van der Waals surface area contributed by atoms with Gasteiger partial charge in [0.2, 0.25) is 15.9 Å². The third-order valence-electron chi connectivity index (χ3n) is 3.95. The predicted molar refractivity (Wildman–Crippen MR) is 87.2 cm³/mol. The van der Waals surface area contributed by atoms with Crippen LogP contribution >= 0.6 is 0 Å². The smallest absolute Gasteiger partial charge is 0.222 e. The van der Waals surface area contributed by atoms with Gasteiger partial charge in [-0.05, 0) is 17.7 Å². The van der Waals surface area contributed by atoms with Gasteiger partial charge in [0.1, 0.15) is 0 Å². The van der Waals surface area contributed by atoms with Gasteiger partial charge >= 0.3 is 0 Å². The summed E-state index contributed by atoms with van der Waals surface area (Å²) < 4.78 is 26.8. The first-order valence-corrected chi connectivity index (χ1v) is 9.41. The van der Waals surface area contributed by atoms with Crippen molar-refractivity contribution in [2.45, 2.75) is 25.6 Å². The Morgan fingerprint density at radius 3 is 2.92 bits per heavy atom. The van der Waals surface area contributed by atoms with E-state index in [-0.39, 0.29) is 31.5 Å². The standard InChI is InChI=1S/C15H19N5O3S/c1-24(22,23)19-10-13-4-6-18-20(13)14(11-19)7-15(21)17-9-12-3-2-5-16-8-12/h2-6,8,14H,7,9-11H2,1H3,(H,17,21)/t14-/m1/s1. The highest BCUT2D eigenvalue weighted by molar-refractivity contribution is 7.88. The van der Waals surface area contributed by atoms with Gasteiger partial charge < -0.3 is 5.32 Å². The number of nitrogens with one attached hydrogen (secondary N) is 1. The molecule has 0 aromatic carbocycles. The number of rotatable bonds is 5. The molecule has 0 saturated carbocycles. The van der Waals surface area contributed by atoms with Crippen molar-refractivity contribution in [2.24, 2.45) is 0 Å². The minimum absolute atomic E-state index is 0.152. The second-order valence-corrected chi connectivity index (χ2v) is 7.80. The van der Waals surface area contributed by atoms with Crippen LogP contribution in [0.1, 0.15) is 23.7 Å². The predicted octanol–water partition coefficient (Wildman–Crippen LogP) is 0.301. The van der Waals surface area contributed by atoms with Gasteiger partial charge in [-0.3, -0.25) is 14.5 Å². The fourth-order valence-corrected chi connectivity index (χ4v) is 3.56. The number of hydrogen-bond donors (Lipinski definition) is 1. The van der Waals surface area contributed by atoms with E-state index in [1.54, 1.807) is 29.3 Å². The molecule has 1 atom stereocenters. The third kappa shape index (κ3) is 3.80. The first kappa shape index (κ1) is 16.6. The molecule has 0 spiro atoms. The second-order valence-electron chi connectivity index (χ2n) is 5.82. The van der Waals surface area contributed by atoms with E-state index < -0.39 is 10.0 Å². The minimum Gasteiger partial charge on any atom is -0.352 e. The van der Waals surface area contributed by atoms with Crippen LogP contribution in [-0.2, 0) is 27.9 Å². The summed E-state index contributed by atoms with van der Waals surface area (Å²) in [5.41, 5.74) is 1.70. The topological polar surface area (TPSA) is 97.2 Å². The average Bonchev–Trinajstić information content (AvgIpc) is 3.02. The Balaban J connectivity index is 1.66. The number of hydrogen-bond acceptors (Lipinski definition) is 5.